The molecule has 0 spiro atoms. The molecule has 0 bridgehead atoms. The summed E-state index contributed by atoms with van der Waals surface area (Å²) in [4.78, 5) is 7.78. The highest BCUT2D eigenvalue weighted by atomic mass is 35.5. The van der Waals surface area contributed by atoms with Crippen molar-refractivity contribution in [2.75, 3.05) is 19.7 Å². The lowest BCUT2D eigenvalue weighted by Crippen LogP contribution is -2.39. The molecule has 1 aliphatic heterocycles. The Morgan fingerprint density at radius 2 is 1.85 bits per heavy atom. The zero-order valence-electron chi connectivity index (χ0n) is 19.0. The Labute approximate surface area is 204 Å². The van der Waals surface area contributed by atoms with Gasteiger partial charge in [-0.2, -0.15) is 0 Å². The molecule has 3 aromatic carbocycles. The first-order valence-corrected chi connectivity index (χ1v) is 11.7. The van der Waals surface area contributed by atoms with Gasteiger partial charge in [0.2, 0.25) is 0 Å². The second-order valence-electron chi connectivity index (χ2n) is 8.49. The SMILES string of the molecule is Cc1ccccc1OC[C@H](O)CN(Cc1ccccc1Cl)C[C@@H]1CC(c2ccc(F)cc2)=NO1. The quantitative estimate of drug-likeness (QED) is 0.430. The highest BCUT2D eigenvalue weighted by Gasteiger charge is 2.26. The van der Waals surface area contributed by atoms with Crippen LogP contribution in [0, 0.1) is 12.7 Å². The number of oxime groups is 1. The molecule has 1 aliphatic rings. The number of rotatable bonds is 10. The molecular formula is C27H28ClFN2O3. The van der Waals surface area contributed by atoms with Crippen molar-refractivity contribution in [2.45, 2.75) is 32.1 Å². The van der Waals surface area contributed by atoms with Crippen LogP contribution >= 0.6 is 11.6 Å². The van der Waals surface area contributed by atoms with Crippen LogP contribution in [-0.2, 0) is 11.4 Å². The minimum Gasteiger partial charge on any atom is -0.491 e. The molecule has 34 heavy (non-hydrogen) atoms. The first kappa shape index (κ1) is 24.2. The third-order valence-electron chi connectivity index (χ3n) is 5.72. The molecule has 178 valence electrons. The molecule has 3 aromatic rings. The molecule has 0 unspecified atom stereocenters. The highest BCUT2D eigenvalue weighted by molar-refractivity contribution is 6.31. The van der Waals surface area contributed by atoms with Crippen LogP contribution in [0.25, 0.3) is 0 Å². The molecule has 0 saturated carbocycles. The van der Waals surface area contributed by atoms with Gasteiger partial charge in [-0.15, -0.1) is 0 Å². The van der Waals surface area contributed by atoms with Gasteiger partial charge in [0.25, 0.3) is 0 Å². The smallest absolute Gasteiger partial charge is 0.145 e. The zero-order chi connectivity index (χ0) is 23.9. The van der Waals surface area contributed by atoms with Crippen molar-refractivity contribution in [3.63, 3.8) is 0 Å². The third-order valence-corrected chi connectivity index (χ3v) is 6.09. The van der Waals surface area contributed by atoms with Gasteiger partial charge in [-0.3, -0.25) is 4.90 Å². The largest absolute Gasteiger partial charge is 0.491 e. The summed E-state index contributed by atoms with van der Waals surface area (Å²) in [6, 6.07) is 21.6. The number of hydrogen-bond donors (Lipinski definition) is 1. The maximum atomic E-state index is 13.3. The Kier molecular flexibility index (Phi) is 8.16. The first-order chi connectivity index (χ1) is 16.5. The van der Waals surface area contributed by atoms with Gasteiger partial charge in [-0.25, -0.2) is 4.39 Å². The summed E-state index contributed by atoms with van der Waals surface area (Å²) in [6.07, 6.45) is -0.298. The van der Waals surface area contributed by atoms with Crippen molar-refractivity contribution in [1.82, 2.24) is 4.90 Å². The van der Waals surface area contributed by atoms with Crippen LogP contribution in [0.4, 0.5) is 4.39 Å². The van der Waals surface area contributed by atoms with Crippen LogP contribution in [0.1, 0.15) is 23.1 Å². The molecule has 0 radical (unpaired) electrons. The molecule has 0 amide bonds. The number of hydrogen-bond acceptors (Lipinski definition) is 5. The van der Waals surface area contributed by atoms with E-state index in [1.54, 1.807) is 12.1 Å². The monoisotopic (exact) mass is 482 g/mol. The summed E-state index contributed by atoms with van der Waals surface area (Å²) >= 11 is 6.40. The van der Waals surface area contributed by atoms with Crippen LogP contribution in [0.5, 0.6) is 5.75 Å². The number of ether oxygens (including phenoxy) is 1. The molecule has 2 atom stereocenters. The fraction of sp³-hybridized carbons (Fsp3) is 0.296. The van der Waals surface area contributed by atoms with Crippen LogP contribution in [0.15, 0.2) is 78.0 Å². The minimum absolute atomic E-state index is 0.173. The second kappa shape index (κ2) is 11.5. The van der Waals surface area contributed by atoms with E-state index in [4.69, 9.17) is 21.2 Å². The van der Waals surface area contributed by atoms with E-state index in [0.717, 1.165) is 28.2 Å². The van der Waals surface area contributed by atoms with E-state index in [-0.39, 0.29) is 18.5 Å². The van der Waals surface area contributed by atoms with Crippen molar-refractivity contribution in [3.8, 4) is 5.75 Å². The summed E-state index contributed by atoms with van der Waals surface area (Å²) in [5.74, 6) is 0.475. The van der Waals surface area contributed by atoms with Crippen molar-refractivity contribution in [1.29, 1.82) is 0 Å². The molecule has 7 heteroatoms. The summed E-state index contributed by atoms with van der Waals surface area (Å²) in [5, 5.41) is 15.6. The molecule has 5 nitrogen and oxygen atoms in total. The number of halogens is 2. The average Bonchev–Trinajstić information content (AvgIpc) is 3.29. The van der Waals surface area contributed by atoms with Gasteiger partial charge >= 0.3 is 0 Å². The Morgan fingerprint density at radius 3 is 2.62 bits per heavy atom. The van der Waals surface area contributed by atoms with Gasteiger partial charge in [-0.05, 0) is 47.9 Å². The highest BCUT2D eigenvalue weighted by Crippen LogP contribution is 2.22. The molecular weight excluding hydrogens is 455 g/mol. The number of para-hydroxylation sites is 1. The fourth-order valence-electron chi connectivity index (χ4n) is 3.95. The summed E-state index contributed by atoms with van der Waals surface area (Å²) < 4.78 is 19.1. The van der Waals surface area contributed by atoms with E-state index in [2.05, 4.69) is 10.1 Å². The van der Waals surface area contributed by atoms with Crippen LogP contribution in [0.2, 0.25) is 5.02 Å². The van der Waals surface area contributed by atoms with E-state index >= 15 is 0 Å². The first-order valence-electron chi connectivity index (χ1n) is 11.3. The minimum atomic E-state index is -0.707. The van der Waals surface area contributed by atoms with E-state index in [1.807, 2.05) is 55.5 Å². The second-order valence-corrected chi connectivity index (χ2v) is 8.90. The lowest BCUT2D eigenvalue weighted by Gasteiger charge is -2.27. The van der Waals surface area contributed by atoms with E-state index in [9.17, 15) is 9.50 Å². The number of aliphatic hydroxyl groups is 1. The summed E-state index contributed by atoms with van der Waals surface area (Å²) in [7, 11) is 0. The van der Waals surface area contributed by atoms with Gasteiger partial charge in [0.05, 0.1) is 5.71 Å². The van der Waals surface area contributed by atoms with Crippen LogP contribution < -0.4 is 4.74 Å². The topological polar surface area (TPSA) is 54.3 Å². The standard InChI is InChI=1S/C27H28ClFN2O3/c1-19-6-2-5-9-27(19)33-18-23(32)16-31(15-21-7-3-4-8-25(21)28)17-24-14-26(30-34-24)20-10-12-22(29)13-11-20/h2-13,23-24,32H,14-18H2,1H3/t23-,24+/m1/s1. The number of benzene rings is 3. The Balaban J connectivity index is 1.39. The molecule has 0 saturated heterocycles. The predicted molar refractivity (Wildman–Crippen MR) is 132 cm³/mol. The predicted octanol–water partition coefficient (Wildman–Crippen LogP) is 5.22. The maximum absolute atomic E-state index is 13.3. The normalized spacial score (nSPS) is 16.3. The number of aryl methyl sites for hydroxylation is 1. The average molecular weight is 483 g/mol. The van der Waals surface area contributed by atoms with Crippen molar-refractivity contribution >= 4 is 17.3 Å². The molecule has 4 rings (SSSR count). The molecule has 0 aromatic heterocycles. The molecule has 1 heterocycles. The van der Waals surface area contributed by atoms with Crippen molar-refractivity contribution < 1.29 is 19.1 Å². The Morgan fingerprint density at radius 1 is 1.12 bits per heavy atom. The van der Waals surface area contributed by atoms with Gasteiger partial charge < -0.3 is 14.7 Å². The van der Waals surface area contributed by atoms with Gasteiger partial charge in [0, 0.05) is 31.1 Å². The van der Waals surface area contributed by atoms with E-state index in [0.29, 0.717) is 31.1 Å². The summed E-state index contributed by atoms with van der Waals surface area (Å²) in [6.45, 7) is 3.62. The summed E-state index contributed by atoms with van der Waals surface area (Å²) in [5.41, 5.74) is 3.61. The van der Waals surface area contributed by atoms with E-state index < -0.39 is 6.10 Å². The number of nitrogens with zero attached hydrogens (tertiary/aromatic N) is 2. The molecule has 1 N–H and O–H groups in total. The zero-order valence-corrected chi connectivity index (χ0v) is 19.8. The van der Waals surface area contributed by atoms with Crippen LogP contribution in [-0.4, -0.2) is 47.6 Å². The maximum Gasteiger partial charge on any atom is 0.145 e. The Hall–Kier alpha value is -2.93. The Bertz CT molecular complexity index is 1120. The molecule has 0 fully saturated rings. The fourth-order valence-corrected chi connectivity index (χ4v) is 4.15. The van der Waals surface area contributed by atoms with Gasteiger partial charge in [0.1, 0.15) is 30.4 Å². The van der Waals surface area contributed by atoms with Gasteiger partial charge in [-0.1, -0.05) is 65.3 Å². The lowest BCUT2D eigenvalue weighted by molar-refractivity contribution is 0.0212. The van der Waals surface area contributed by atoms with Crippen molar-refractivity contribution in [2.24, 2.45) is 5.16 Å². The lowest BCUT2D eigenvalue weighted by atomic mass is 10.0. The van der Waals surface area contributed by atoms with Crippen molar-refractivity contribution in [3.05, 3.63) is 100 Å². The van der Waals surface area contributed by atoms with E-state index in [1.165, 1.54) is 12.1 Å². The number of aliphatic hydroxyl groups excluding tert-OH is 1. The molecule has 0 aliphatic carbocycles. The van der Waals surface area contributed by atoms with Crippen LogP contribution in [0.3, 0.4) is 0 Å². The van der Waals surface area contributed by atoms with Gasteiger partial charge in [0.15, 0.2) is 0 Å². The third kappa shape index (κ3) is 6.56.